The molecule has 2 aromatic carbocycles. The maximum atomic E-state index is 13.4. The van der Waals surface area contributed by atoms with Crippen LogP contribution in [0.5, 0.6) is 0 Å². The van der Waals surface area contributed by atoms with E-state index in [1.807, 2.05) is 24.3 Å². The van der Waals surface area contributed by atoms with Crippen LogP contribution in [0.25, 0.3) is 0 Å². The zero-order chi connectivity index (χ0) is 15.4. The van der Waals surface area contributed by atoms with Gasteiger partial charge in [-0.15, -0.1) is 0 Å². The molecule has 0 saturated heterocycles. The van der Waals surface area contributed by atoms with Crippen molar-refractivity contribution in [2.75, 3.05) is 0 Å². The van der Waals surface area contributed by atoms with Crippen LogP contribution in [0.4, 0.5) is 4.39 Å². The zero-order valence-electron chi connectivity index (χ0n) is 12.3. The fourth-order valence-electron chi connectivity index (χ4n) is 2.35. The van der Waals surface area contributed by atoms with Gasteiger partial charge >= 0.3 is 0 Å². The molecule has 0 aliphatic carbocycles. The fourth-order valence-corrected chi connectivity index (χ4v) is 2.47. The quantitative estimate of drug-likeness (QED) is 0.828. The summed E-state index contributed by atoms with van der Waals surface area (Å²) in [6, 6.07) is 12.6. The van der Waals surface area contributed by atoms with Crippen LogP contribution in [0.1, 0.15) is 36.6 Å². The number of aliphatic hydroxyl groups excluding tert-OH is 1. The van der Waals surface area contributed by atoms with Crippen LogP contribution in [0, 0.1) is 11.7 Å². The Morgan fingerprint density at radius 1 is 1.00 bits per heavy atom. The molecule has 2 rings (SSSR count). The highest BCUT2D eigenvalue weighted by Crippen LogP contribution is 2.22. The summed E-state index contributed by atoms with van der Waals surface area (Å²) in [5.74, 6) is 0.159. The molecule has 0 heterocycles. The maximum absolute atomic E-state index is 13.4. The van der Waals surface area contributed by atoms with E-state index >= 15 is 0 Å². The first-order chi connectivity index (χ1) is 9.95. The van der Waals surface area contributed by atoms with Crippen LogP contribution < -0.4 is 0 Å². The van der Waals surface area contributed by atoms with Crippen molar-refractivity contribution in [3.8, 4) is 0 Å². The third-order valence-corrected chi connectivity index (χ3v) is 3.73. The number of hydrogen-bond acceptors (Lipinski definition) is 1. The second kappa shape index (κ2) is 7.06. The van der Waals surface area contributed by atoms with Gasteiger partial charge in [0.05, 0.1) is 11.1 Å². The SMILES string of the molecule is CC(C)Cc1ccc(C(O)Cc2ccc(Cl)c(F)c2)cc1. The molecule has 1 unspecified atom stereocenters. The van der Waals surface area contributed by atoms with Crippen LogP contribution in [0.15, 0.2) is 42.5 Å². The van der Waals surface area contributed by atoms with Gasteiger partial charge in [-0.25, -0.2) is 4.39 Å². The minimum Gasteiger partial charge on any atom is -0.388 e. The molecule has 2 aromatic rings. The Hall–Kier alpha value is -1.38. The minimum atomic E-state index is -0.640. The summed E-state index contributed by atoms with van der Waals surface area (Å²) < 4.78 is 13.4. The molecule has 0 aromatic heterocycles. The molecule has 0 spiro atoms. The lowest BCUT2D eigenvalue weighted by molar-refractivity contribution is 0.178. The van der Waals surface area contributed by atoms with E-state index < -0.39 is 11.9 Å². The molecule has 0 amide bonds. The second-order valence-electron chi connectivity index (χ2n) is 5.81. The first-order valence-corrected chi connectivity index (χ1v) is 7.54. The Morgan fingerprint density at radius 3 is 2.19 bits per heavy atom. The fraction of sp³-hybridized carbons (Fsp3) is 0.333. The van der Waals surface area contributed by atoms with Crippen molar-refractivity contribution in [3.63, 3.8) is 0 Å². The van der Waals surface area contributed by atoms with Gasteiger partial charge in [0.15, 0.2) is 0 Å². The largest absolute Gasteiger partial charge is 0.388 e. The van der Waals surface area contributed by atoms with E-state index in [0.717, 1.165) is 17.5 Å². The first kappa shape index (κ1) is 16.0. The molecule has 21 heavy (non-hydrogen) atoms. The molecule has 0 aliphatic heterocycles. The van der Waals surface area contributed by atoms with Crippen molar-refractivity contribution >= 4 is 11.6 Å². The molecular formula is C18H20ClFO. The minimum absolute atomic E-state index is 0.103. The summed E-state index contributed by atoms with van der Waals surface area (Å²) in [5.41, 5.74) is 2.84. The van der Waals surface area contributed by atoms with E-state index in [-0.39, 0.29) is 5.02 Å². The highest BCUT2D eigenvalue weighted by Gasteiger charge is 2.10. The van der Waals surface area contributed by atoms with Gasteiger partial charge in [0, 0.05) is 6.42 Å². The molecule has 0 aliphatic rings. The smallest absolute Gasteiger partial charge is 0.142 e. The molecule has 1 nitrogen and oxygen atoms in total. The zero-order valence-corrected chi connectivity index (χ0v) is 13.1. The van der Waals surface area contributed by atoms with Crippen LogP contribution >= 0.6 is 11.6 Å². The number of halogens is 2. The molecule has 3 heteroatoms. The van der Waals surface area contributed by atoms with Gasteiger partial charge in [-0.1, -0.05) is 55.8 Å². The molecule has 0 radical (unpaired) electrons. The molecule has 1 atom stereocenters. The summed E-state index contributed by atoms with van der Waals surface area (Å²) in [6.45, 7) is 4.36. The topological polar surface area (TPSA) is 20.2 Å². The number of aliphatic hydroxyl groups is 1. The van der Waals surface area contributed by atoms with Crippen LogP contribution in [-0.2, 0) is 12.8 Å². The van der Waals surface area contributed by atoms with Crippen molar-refractivity contribution in [1.82, 2.24) is 0 Å². The Morgan fingerprint density at radius 2 is 1.62 bits per heavy atom. The monoisotopic (exact) mass is 306 g/mol. The van der Waals surface area contributed by atoms with Crippen LogP contribution in [-0.4, -0.2) is 5.11 Å². The van der Waals surface area contributed by atoms with Gasteiger partial charge in [-0.3, -0.25) is 0 Å². The summed E-state index contributed by atoms with van der Waals surface area (Å²) >= 11 is 5.66. The lowest BCUT2D eigenvalue weighted by atomic mass is 9.97. The van der Waals surface area contributed by atoms with Crippen molar-refractivity contribution in [3.05, 3.63) is 70.0 Å². The predicted molar refractivity (Wildman–Crippen MR) is 85.1 cm³/mol. The van der Waals surface area contributed by atoms with Crippen molar-refractivity contribution < 1.29 is 9.50 Å². The number of rotatable bonds is 5. The van der Waals surface area contributed by atoms with Gasteiger partial charge < -0.3 is 5.11 Å². The van der Waals surface area contributed by atoms with Gasteiger partial charge in [-0.2, -0.15) is 0 Å². The van der Waals surface area contributed by atoms with E-state index in [4.69, 9.17) is 11.6 Å². The third-order valence-electron chi connectivity index (χ3n) is 3.42. The van der Waals surface area contributed by atoms with Crippen LogP contribution in [0.3, 0.4) is 0 Å². The summed E-state index contributed by atoms with van der Waals surface area (Å²) in [6.07, 6.45) is 0.759. The Labute approximate surface area is 130 Å². The van der Waals surface area contributed by atoms with E-state index in [1.165, 1.54) is 17.7 Å². The average Bonchev–Trinajstić information content (AvgIpc) is 2.43. The summed E-state index contributed by atoms with van der Waals surface area (Å²) in [7, 11) is 0. The van der Waals surface area contributed by atoms with E-state index in [1.54, 1.807) is 6.07 Å². The molecule has 1 N–H and O–H groups in total. The normalized spacial score (nSPS) is 12.7. The third kappa shape index (κ3) is 4.55. The summed E-state index contributed by atoms with van der Waals surface area (Å²) in [5, 5.41) is 10.4. The number of hydrogen-bond donors (Lipinski definition) is 1. The first-order valence-electron chi connectivity index (χ1n) is 7.16. The molecular weight excluding hydrogens is 287 g/mol. The highest BCUT2D eigenvalue weighted by molar-refractivity contribution is 6.30. The summed E-state index contributed by atoms with van der Waals surface area (Å²) in [4.78, 5) is 0. The molecule has 0 saturated carbocycles. The van der Waals surface area contributed by atoms with E-state index in [9.17, 15) is 9.50 Å². The highest BCUT2D eigenvalue weighted by atomic mass is 35.5. The second-order valence-corrected chi connectivity index (χ2v) is 6.22. The van der Waals surface area contributed by atoms with Gasteiger partial charge in [0.25, 0.3) is 0 Å². The van der Waals surface area contributed by atoms with Crippen molar-refractivity contribution in [1.29, 1.82) is 0 Å². The molecule has 0 fully saturated rings. The predicted octanol–water partition coefficient (Wildman–Crippen LogP) is 4.95. The Kier molecular flexibility index (Phi) is 5.38. The van der Waals surface area contributed by atoms with Gasteiger partial charge in [-0.05, 0) is 41.2 Å². The average molecular weight is 307 g/mol. The lowest BCUT2D eigenvalue weighted by Gasteiger charge is -2.13. The molecule has 0 bridgehead atoms. The molecule has 112 valence electrons. The Balaban J connectivity index is 2.05. The van der Waals surface area contributed by atoms with Crippen LogP contribution in [0.2, 0.25) is 5.02 Å². The van der Waals surface area contributed by atoms with Crippen molar-refractivity contribution in [2.45, 2.75) is 32.8 Å². The van der Waals surface area contributed by atoms with E-state index in [2.05, 4.69) is 13.8 Å². The van der Waals surface area contributed by atoms with Gasteiger partial charge in [0.1, 0.15) is 5.82 Å². The standard InChI is InChI=1S/C18H20ClFO/c1-12(2)9-13-3-6-15(7-4-13)18(21)11-14-5-8-16(19)17(20)10-14/h3-8,10,12,18,21H,9,11H2,1-2H3. The Bertz CT molecular complexity index is 593. The lowest BCUT2D eigenvalue weighted by Crippen LogP contribution is -2.03. The maximum Gasteiger partial charge on any atom is 0.142 e. The van der Waals surface area contributed by atoms with Crippen molar-refractivity contribution in [2.24, 2.45) is 5.92 Å². The van der Waals surface area contributed by atoms with E-state index in [0.29, 0.717) is 12.3 Å². The van der Waals surface area contributed by atoms with Gasteiger partial charge in [0.2, 0.25) is 0 Å². The number of benzene rings is 2.